The van der Waals surface area contributed by atoms with Crippen LogP contribution in [0.25, 0.3) is 28.2 Å². The zero-order valence-corrected chi connectivity index (χ0v) is 26.6. The summed E-state index contributed by atoms with van der Waals surface area (Å²) in [4.78, 5) is 44.1. The number of benzene rings is 2. The van der Waals surface area contributed by atoms with Gasteiger partial charge >= 0.3 is 5.97 Å². The van der Waals surface area contributed by atoms with Gasteiger partial charge in [0.1, 0.15) is 11.4 Å². The molecule has 3 N–H and O–H groups in total. The number of nitrogens with one attached hydrogen (secondary N) is 2. The van der Waals surface area contributed by atoms with Gasteiger partial charge in [-0.25, -0.2) is 9.78 Å². The molecule has 0 bridgehead atoms. The first-order valence-electron chi connectivity index (χ1n) is 15.4. The average Bonchev–Trinajstić information content (AvgIpc) is 3.32. The number of carboxylic acids is 1. The van der Waals surface area contributed by atoms with E-state index in [4.69, 9.17) is 5.11 Å². The van der Waals surface area contributed by atoms with E-state index in [0.29, 0.717) is 22.7 Å². The van der Waals surface area contributed by atoms with Gasteiger partial charge < -0.3 is 25.2 Å². The fourth-order valence-electron chi connectivity index (χ4n) is 6.10. The summed E-state index contributed by atoms with van der Waals surface area (Å²) in [7, 11) is 6.00. The van der Waals surface area contributed by atoms with Gasteiger partial charge in [0.25, 0.3) is 5.91 Å². The van der Waals surface area contributed by atoms with Crippen LogP contribution in [0.4, 0.5) is 11.5 Å². The van der Waals surface area contributed by atoms with E-state index in [9.17, 15) is 14.4 Å². The standard InChI is InChI=1S/C36H41N5O4/c1-36(2,35(45)38-27-16-11-23(12-17-27)13-20-31(42)43)39-34(44)25-14-18-28-29(21-25)41(5)33(32(28)24-9-7-6-8-10-24)26-15-19-30(37-22-26)40(3)4/h11-22,24H,6-10H2,1-5H3,(H,38,45)(H,39,44)(H,42,43)/b20-13+. The molecular weight excluding hydrogens is 566 g/mol. The third kappa shape index (κ3) is 6.93. The summed E-state index contributed by atoms with van der Waals surface area (Å²) in [5.41, 5.74) is 4.97. The third-order valence-electron chi connectivity index (χ3n) is 8.58. The molecule has 2 heterocycles. The fraction of sp³-hybridized carbons (Fsp3) is 0.333. The molecule has 234 valence electrons. The Balaban J connectivity index is 1.40. The summed E-state index contributed by atoms with van der Waals surface area (Å²) in [6.07, 6.45) is 10.4. The van der Waals surface area contributed by atoms with Crippen molar-refractivity contribution in [2.24, 2.45) is 7.05 Å². The Morgan fingerprint density at radius 1 is 1.00 bits per heavy atom. The van der Waals surface area contributed by atoms with Crippen LogP contribution in [0.1, 0.15) is 73.4 Å². The normalized spacial score (nSPS) is 14.1. The molecule has 2 aromatic carbocycles. The first-order valence-corrected chi connectivity index (χ1v) is 15.4. The molecule has 9 heteroatoms. The van der Waals surface area contributed by atoms with Crippen LogP contribution < -0.4 is 15.5 Å². The van der Waals surface area contributed by atoms with Gasteiger partial charge in [-0.3, -0.25) is 9.59 Å². The quantitative estimate of drug-likeness (QED) is 0.185. The molecular formula is C36H41N5O4. The Morgan fingerprint density at radius 2 is 1.71 bits per heavy atom. The Labute approximate surface area is 264 Å². The van der Waals surface area contributed by atoms with E-state index < -0.39 is 11.5 Å². The van der Waals surface area contributed by atoms with Gasteiger partial charge in [-0.2, -0.15) is 0 Å². The molecule has 45 heavy (non-hydrogen) atoms. The van der Waals surface area contributed by atoms with Crippen molar-refractivity contribution in [1.82, 2.24) is 14.9 Å². The van der Waals surface area contributed by atoms with Crippen LogP contribution in [0.15, 0.2) is 66.9 Å². The molecule has 0 aliphatic heterocycles. The highest BCUT2D eigenvalue weighted by atomic mass is 16.4. The molecule has 1 aliphatic carbocycles. The lowest BCUT2D eigenvalue weighted by Crippen LogP contribution is -2.52. The van der Waals surface area contributed by atoms with Gasteiger partial charge in [0.05, 0.1) is 5.69 Å². The lowest BCUT2D eigenvalue weighted by atomic mass is 9.82. The van der Waals surface area contributed by atoms with Crippen molar-refractivity contribution in [3.63, 3.8) is 0 Å². The predicted octanol–water partition coefficient (Wildman–Crippen LogP) is 6.60. The second kappa shape index (κ2) is 13.0. The first kappa shape index (κ1) is 31.5. The molecule has 0 unspecified atom stereocenters. The highest BCUT2D eigenvalue weighted by Crippen LogP contribution is 2.43. The van der Waals surface area contributed by atoms with Crippen molar-refractivity contribution >= 4 is 46.3 Å². The molecule has 0 saturated heterocycles. The van der Waals surface area contributed by atoms with Crippen LogP contribution in [0.5, 0.6) is 0 Å². The number of aryl methyl sites for hydroxylation is 1. The van der Waals surface area contributed by atoms with E-state index in [1.807, 2.05) is 56.5 Å². The smallest absolute Gasteiger partial charge is 0.328 e. The summed E-state index contributed by atoms with van der Waals surface area (Å²) in [5, 5.41) is 15.7. The Kier molecular flexibility index (Phi) is 9.09. The lowest BCUT2D eigenvalue weighted by Gasteiger charge is -2.25. The molecule has 4 aromatic rings. The SMILES string of the molecule is CN(C)c1ccc(-c2c(C3CCCCC3)c3ccc(C(=O)NC(C)(C)C(=O)Nc4ccc(/C=C/C(=O)O)cc4)cc3n2C)cn1. The Morgan fingerprint density at radius 3 is 2.33 bits per heavy atom. The topological polar surface area (TPSA) is 117 Å². The van der Waals surface area contributed by atoms with Gasteiger partial charge in [-0.15, -0.1) is 0 Å². The monoisotopic (exact) mass is 607 g/mol. The molecule has 0 atom stereocenters. The molecule has 2 aromatic heterocycles. The maximum Gasteiger partial charge on any atom is 0.328 e. The number of carbonyl (C=O) groups excluding carboxylic acids is 2. The van der Waals surface area contributed by atoms with Gasteiger partial charge in [-0.05, 0) is 86.2 Å². The number of carboxylic acid groups (broad SMARTS) is 1. The number of amides is 2. The number of hydrogen-bond acceptors (Lipinski definition) is 5. The van der Waals surface area contributed by atoms with Crippen molar-refractivity contribution in [2.45, 2.75) is 57.4 Å². The summed E-state index contributed by atoms with van der Waals surface area (Å²) in [5.74, 6) is -0.415. The van der Waals surface area contributed by atoms with Crippen molar-refractivity contribution in [2.75, 3.05) is 24.3 Å². The summed E-state index contributed by atoms with van der Waals surface area (Å²) < 4.78 is 2.18. The minimum Gasteiger partial charge on any atom is -0.478 e. The molecule has 9 nitrogen and oxygen atoms in total. The van der Waals surface area contributed by atoms with Crippen molar-refractivity contribution in [3.05, 3.63) is 83.6 Å². The maximum absolute atomic E-state index is 13.5. The van der Waals surface area contributed by atoms with E-state index in [1.54, 1.807) is 38.1 Å². The third-order valence-corrected chi connectivity index (χ3v) is 8.58. The zero-order valence-electron chi connectivity index (χ0n) is 26.6. The van der Waals surface area contributed by atoms with E-state index in [0.717, 1.165) is 46.9 Å². The number of pyridine rings is 1. The summed E-state index contributed by atoms with van der Waals surface area (Å²) >= 11 is 0. The molecule has 0 spiro atoms. The summed E-state index contributed by atoms with van der Waals surface area (Å²) in [6.45, 7) is 3.32. The minimum atomic E-state index is -1.21. The number of hydrogen-bond donors (Lipinski definition) is 3. The molecule has 0 radical (unpaired) electrons. The molecule has 2 amide bonds. The Hall–Kier alpha value is -4.92. The van der Waals surface area contributed by atoms with Crippen molar-refractivity contribution in [1.29, 1.82) is 0 Å². The molecule has 1 fully saturated rings. The fourth-order valence-corrected chi connectivity index (χ4v) is 6.10. The van der Waals surface area contributed by atoms with Crippen LogP contribution in [-0.4, -0.2) is 52.1 Å². The van der Waals surface area contributed by atoms with Gasteiger partial charge in [0.2, 0.25) is 5.91 Å². The number of anilines is 2. The number of carbonyl (C=O) groups is 3. The van der Waals surface area contributed by atoms with Crippen LogP contribution in [0.3, 0.4) is 0 Å². The number of nitrogens with zero attached hydrogens (tertiary/aromatic N) is 3. The average molecular weight is 608 g/mol. The van der Waals surface area contributed by atoms with Crippen LogP contribution >= 0.6 is 0 Å². The molecule has 5 rings (SSSR count). The predicted molar refractivity (Wildman–Crippen MR) is 180 cm³/mol. The number of rotatable bonds is 9. The van der Waals surface area contributed by atoms with Crippen LogP contribution in [-0.2, 0) is 16.6 Å². The second-order valence-electron chi connectivity index (χ2n) is 12.5. The zero-order chi connectivity index (χ0) is 32.3. The van der Waals surface area contributed by atoms with Crippen LogP contribution in [0, 0.1) is 0 Å². The Bertz CT molecular complexity index is 1750. The number of aromatic nitrogens is 2. The molecule has 1 saturated carbocycles. The minimum absolute atomic E-state index is 0.342. The van der Waals surface area contributed by atoms with E-state index in [-0.39, 0.29) is 11.8 Å². The first-order chi connectivity index (χ1) is 21.4. The summed E-state index contributed by atoms with van der Waals surface area (Å²) in [6, 6.07) is 16.8. The van der Waals surface area contributed by atoms with Gasteiger partial charge in [-0.1, -0.05) is 37.5 Å². The van der Waals surface area contributed by atoms with E-state index >= 15 is 0 Å². The highest BCUT2D eigenvalue weighted by Gasteiger charge is 2.31. The molecule has 1 aliphatic rings. The lowest BCUT2D eigenvalue weighted by molar-refractivity contribution is -0.131. The van der Waals surface area contributed by atoms with Crippen molar-refractivity contribution in [3.8, 4) is 11.3 Å². The van der Waals surface area contributed by atoms with Gasteiger partial charge in [0.15, 0.2) is 0 Å². The highest BCUT2D eigenvalue weighted by molar-refractivity contribution is 6.05. The number of aliphatic carboxylic acids is 1. The van der Waals surface area contributed by atoms with E-state index in [1.165, 1.54) is 30.9 Å². The maximum atomic E-state index is 13.5. The largest absolute Gasteiger partial charge is 0.478 e. The van der Waals surface area contributed by atoms with Gasteiger partial charge in [0, 0.05) is 61.1 Å². The van der Waals surface area contributed by atoms with Crippen LogP contribution in [0.2, 0.25) is 0 Å². The van der Waals surface area contributed by atoms with E-state index in [2.05, 4.69) is 26.3 Å². The second-order valence-corrected chi connectivity index (χ2v) is 12.5. The number of fused-ring (bicyclic) bond motifs is 1. The van der Waals surface area contributed by atoms with Crippen molar-refractivity contribution < 1.29 is 19.5 Å².